The van der Waals surface area contributed by atoms with Gasteiger partial charge in [-0.25, -0.2) is 5.84 Å². The molecule has 24 heavy (non-hydrogen) atoms. The lowest BCUT2D eigenvalue weighted by Crippen LogP contribution is -2.32. The molecule has 1 aromatic rings. The molecule has 0 bridgehead atoms. The van der Waals surface area contributed by atoms with Crippen LogP contribution in [0.2, 0.25) is 0 Å². The lowest BCUT2D eigenvalue weighted by molar-refractivity contribution is -0.125. The first-order valence-electron chi connectivity index (χ1n) is 7.17. The minimum Gasteiger partial charge on any atom is -0.326 e. The summed E-state index contributed by atoms with van der Waals surface area (Å²) < 4.78 is 0. The van der Waals surface area contributed by atoms with Gasteiger partial charge >= 0.3 is 0 Å². The summed E-state index contributed by atoms with van der Waals surface area (Å²) in [7, 11) is 0. The van der Waals surface area contributed by atoms with Gasteiger partial charge in [0.15, 0.2) is 5.84 Å². The van der Waals surface area contributed by atoms with E-state index >= 15 is 0 Å². The highest BCUT2D eigenvalue weighted by Crippen LogP contribution is 2.19. The number of nitrogens with two attached hydrogens (primary N) is 2. The maximum atomic E-state index is 11.9. The molecule has 128 valence electrons. The summed E-state index contributed by atoms with van der Waals surface area (Å²) in [6, 6.07) is 6.81. The molecule has 0 saturated carbocycles. The van der Waals surface area contributed by atoms with E-state index in [1.165, 1.54) is 4.90 Å². The molecule has 1 heterocycles. The fraction of sp³-hybridized carbons (Fsp3) is 0.286. The van der Waals surface area contributed by atoms with Crippen LogP contribution in [0.4, 0.5) is 10.5 Å². The van der Waals surface area contributed by atoms with Crippen LogP contribution in [0, 0.1) is 0 Å². The zero-order valence-corrected chi connectivity index (χ0v) is 13.6. The molecule has 3 amide bonds. The first kappa shape index (κ1) is 17.8. The summed E-state index contributed by atoms with van der Waals surface area (Å²) >= 11 is 0.987. The van der Waals surface area contributed by atoms with Crippen molar-refractivity contribution >= 4 is 40.3 Å². The molecule has 0 radical (unpaired) electrons. The number of hydrazine groups is 1. The average Bonchev–Trinajstić information content (AvgIpc) is 2.89. The molecule has 0 aliphatic carbocycles. The van der Waals surface area contributed by atoms with E-state index in [9.17, 15) is 14.4 Å². The van der Waals surface area contributed by atoms with Gasteiger partial charge in [-0.2, -0.15) is 5.10 Å². The molecule has 10 heteroatoms. The number of anilines is 1. The highest BCUT2D eigenvalue weighted by molar-refractivity contribution is 8.14. The second-order valence-corrected chi connectivity index (χ2v) is 5.88. The van der Waals surface area contributed by atoms with Crippen molar-refractivity contribution in [1.29, 1.82) is 0 Å². The summed E-state index contributed by atoms with van der Waals surface area (Å²) in [4.78, 5) is 35.9. The highest BCUT2D eigenvalue weighted by atomic mass is 32.2. The first-order chi connectivity index (χ1) is 11.5. The molecular formula is C14H18N6O3S. The Morgan fingerprint density at radius 3 is 2.54 bits per heavy atom. The monoisotopic (exact) mass is 350 g/mol. The standard InChI is InChI=1S/C14H18N6O3S/c15-18-13(19-16)9-3-5-10(6-4-9)17-11(21)2-1-7-20-12(22)8-24-14(20)23/h3-6H,1-2,7-8,15-16H2,(H,17,21)(H,18,19). The van der Waals surface area contributed by atoms with Crippen molar-refractivity contribution in [3.63, 3.8) is 0 Å². The summed E-state index contributed by atoms with van der Waals surface area (Å²) in [5.74, 6) is 10.6. The molecule has 1 aliphatic heterocycles. The highest BCUT2D eigenvalue weighted by Gasteiger charge is 2.29. The van der Waals surface area contributed by atoms with E-state index in [-0.39, 0.29) is 35.8 Å². The van der Waals surface area contributed by atoms with Crippen molar-refractivity contribution in [1.82, 2.24) is 10.3 Å². The predicted molar refractivity (Wildman–Crippen MR) is 91.9 cm³/mol. The molecule has 2 rings (SSSR count). The van der Waals surface area contributed by atoms with Crippen LogP contribution >= 0.6 is 11.8 Å². The average molecular weight is 350 g/mol. The van der Waals surface area contributed by atoms with Gasteiger partial charge < -0.3 is 16.6 Å². The maximum absolute atomic E-state index is 11.9. The molecule has 0 aromatic heterocycles. The largest absolute Gasteiger partial charge is 0.326 e. The van der Waals surface area contributed by atoms with E-state index in [0.29, 0.717) is 23.5 Å². The minimum atomic E-state index is -0.248. The van der Waals surface area contributed by atoms with Gasteiger partial charge in [-0.1, -0.05) is 11.8 Å². The number of carbonyl (C=O) groups is 3. The molecule has 6 N–H and O–H groups in total. The van der Waals surface area contributed by atoms with E-state index in [1.807, 2.05) is 0 Å². The maximum Gasteiger partial charge on any atom is 0.288 e. The Hall–Kier alpha value is -2.59. The smallest absolute Gasteiger partial charge is 0.288 e. The van der Waals surface area contributed by atoms with E-state index in [2.05, 4.69) is 15.8 Å². The number of nitrogens with zero attached hydrogens (tertiary/aromatic N) is 2. The number of amides is 3. The summed E-state index contributed by atoms with van der Waals surface area (Å²) in [6.45, 7) is 0.259. The third-order valence-corrected chi connectivity index (χ3v) is 4.19. The van der Waals surface area contributed by atoms with Crippen molar-refractivity contribution < 1.29 is 14.4 Å². The fourth-order valence-electron chi connectivity index (χ4n) is 2.12. The Balaban J connectivity index is 1.80. The summed E-state index contributed by atoms with van der Waals surface area (Å²) in [6.07, 6.45) is 0.631. The van der Waals surface area contributed by atoms with E-state index in [1.54, 1.807) is 24.3 Å². The van der Waals surface area contributed by atoms with Gasteiger partial charge in [-0.05, 0) is 30.7 Å². The zero-order chi connectivity index (χ0) is 17.5. The Labute approximate surface area is 142 Å². The predicted octanol–water partition coefficient (Wildman–Crippen LogP) is 0.184. The third-order valence-electron chi connectivity index (χ3n) is 3.33. The number of imide groups is 1. The number of hydrazone groups is 1. The normalized spacial score (nSPS) is 14.9. The minimum absolute atomic E-state index is 0.184. The van der Waals surface area contributed by atoms with Crippen LogP contribution in [0.1, 0.15) is 18.4 Å². The number of carbonyl (C=O) groups excluding carboxylic acids is 3. The van der Waals surface area contributed by atoms with Gasteiger partial charge in [-0.3, -0.25) is 19.3 Å². The Morgan fingerprint density at radius 1 is 1.29 bits per heavy atom. The number of rotatable bonds is 6. The molecule has 1 aromatic carbocycles. The lowest BCUT2D eigenvalue weighted by Gasteiger charge is -2.12. The molecule has 0 atom stereocenters. The van der Waals surface area contributed by atoms with Crippen molar-refractivity contribution in [3.05, 3.63) is 29.8 Å². The van der Waals surface area contributed by atoms with E-state index in [0.717, 1.165) is 11.8 Å². The third kappa shape index (κ3) is 4.46. The van der Waals surface area contributed by atoms with Gasteiger partial charge in [0.25, 0.3) is 5.24 Å². The van der Waals surface area contributed by atoms with Gasteiger partial charge in [0.05, 0.1) is 5.75 Å². The van der Waals surface area contributed by atoms with Crippen LogP contribution in [0.5, 0.6) is 0 Å². The van der Waals surface area contributed by atoms with Crippen molar-refractivity contribution in [2.45, 2.75) is 12.8 Å². The summed E-state index contributed by atoms with van der Waals surface area (Å²) in [5.41, 5.74) is 3.66. The number of nitrogens with one attached hydrogen (secondary N) is 2. The number of thioether (sulfide) groups is 1. The molecule has 1 fully saturated rings. The van der Waals surface area contributed by atoms with Crippen LogP contribution in [0.25, 0.3) is 0 Å². The second kappa shape index (κ2) is 8.31. The summed E-state index contributed by atoms with van der Waals surface area (Å²) in [5, 5.41) is 5.98. The molecule has 1 aliphatic rings. The van der Waals surface area contributed by atoms with E-state index in [4.69, 9.17) is 11.7 Å². The van der Waals surface area contributed by atoms with Gasteiger partial charge in [0.2, 0.25) is 11.8 Å². The van der Waals surface area contributed by atoms with Crippen LogP contribution in [-0.2, 0) is 9.59 Å². The Bertz CT molecular complexity index is 645. The Morgan fingerprint density at radius 2 is 2.00 bits per heavy atom. The quantitative estimate of drug-likeness (QED) is 0.248. The second-order valence-electron chi connectivity index (χ2n) is 4.95. The van der Waals surface area contributed by atoms with Gasteiger partial charge in [0, 0.05) is 24.2 Å². The van der Waals surface area contributed by atoms with Crippen molar-refractivity contribution in [2.75, 3.05) is 17.6 Å². The number of hydrogen-bond acceptors (Lipinski definition) is 7. The van der Waals surface area contributed by atoms with Crippen LogP contribution in [0.3, 0.4) is 0 Å². The number of amidine groups is 1. The van der Waals surface area contributed by atoms with Gasteiger partial charge in [-0.15, -0.1) is 0 Å². The van der Waals surface area contributed by atoms with Crippen LogP contribution < -0.4 is 22.4 Å². The molecule has 9 nitrogen and oxygen atoms in total. The van der Waals surface area contributed by atoms with Crippen LogP contribution in [-0.4, -0.2) is 40.1 Å². The first-order valence-corrected chi connectivity index (χ1v) is 8.15. The molecular weight excluding hydrogens is 332 g/mol. The topological polar surface area (TPSA) is 143 Å². The lowest BCUT2D eigenvalue weighted by atomic mass is 10.2. The number of hydrogen-bond donors (Lipinski definition) is 4. The molecule has 0 spiro atoms. The number of benzene rings is 1. The van der Waals surface area contributed by atoms with Crippen molar-refractivity contribution in [3.8, 4) is 0 Å². The van der Waals surface area contributed by atoms with E-state index < -0.39 is 0 Å². The fourth-order valence-corrected chi connectivity index (χ4v) is 2.88. The molecule has 1 saturated heterocycles. The Kier molecular flexibility index (Phi) is 6.15. The van der Waals surface area contributed by atoms with Crippen LogP contribution in [0.15, 0.2) is 29.4 Å². The van der Waals surface area contributed by atoms with Gasteiger partial charge in [0.1, 0.15) is 0 Å². The SMILES string of the molecule is N/N=C(\NN)c1ccc(NC(=O)CCCN2C(=O)CSC2=O)cc1. The molecule has 0 unspecified atom stereocenters. The van der Waals surface area contributed by atoms with Crippen molar-refractivity contribution in [2.24, 2.45) is 16.8 Å². The zero-order valence-electron chi connectivity index (χ0n) is 12.8.